The van der Waals surface area contributed by atoms with Gasteiger partial charge in [-0.1, -0.05) is 30.3 Å². The molecule has 2 aliphatic rings. The quantitative estimate of drug-likeness (QED) is 0.854. The molecule has 1 aromatic carbocycles. The third-order valence-electron chi connectivity index (χ3n) is 4.56. The van der Waals surface area contributed by atoms with Gasteiger partial charge in [-0.05, 0) is 31.7 Å². The van der Waals surface area contributed by atoms with Gasteiger partial charge < -0.3 is 4.74 Å². The topological polar surface area (TPSA) is 55.4 Å². The molecule has 0 radical (unpaired) electrons. The fraction of sp³-hybridized carbons (Fsp3) is 0.500. The first-order chi connectivity index (χ1) is 9.71. The molecule has 3 rings (SSSR count). The molecule has 1 aliphatic heterocycles. The van der Waals surface area contributed by atoms with Gasteiger partial charge in [0.15, 0.2) is 0 Å². The van der Waals surface area contributed by atoms with Crippen molar-refractivity contribution in [3.05, 3.63) is 35.9 Å². The first kappa shape index (κ1) is 13.3. The molecule has 0 spiro atoms. The zero-order chi connectivity index (χ0) is 14.2. The summed E-state index contributed by atoms with van der Waals surface area (Å²) in [5.41, 5.74) is 0.0542. The van der Waals surface area contributed by atoms with Crippen LogP contribution in [0.2, 0.25) is 0 Å². The van der Waals surface area contributed by atoms with E-state index in [-0.39, 0.29) is 23.8 Å². The van der Waals surface area contributed by atoms with Gasteiger partial charge in [-0.15, -0.1) is 0 Å². The van der Waals surface area contributed by atoms with Gasteiger partial charge in [0.1, 0.15) is 5.41 Å². The van der Waals surface area contributed by atoms with Crippen LogP contribution in [0.15, 0.2) is 30.3 Å². The molecule has 1 N–H and O–H groups in total. The van der Waals surface area contributed by atoms with E-state index >= 15 is 0 Å². The van der Waals surface area contributed by atoms with Crippen molar-refractivity contribution >= 4 is 11.8 Å². The average Bonchev–Trinajstić information content (AvgIpc) is 2.73. The molecule has 3 atom stereocenters. The lowest BCUT2D eigenvalue weighted by molar-refractivity contribution is -0.134. The van der Waals surface area contributed by atoms with Gasteiger partial charge in [-0.2, -0.15) is 0 Å². The Morgan fingerprint density at radius 3 is 2.70 bits per heavy atom. The summed E-state index contributed by atoms with van der Waals surface area (Å²) in [5.74, 6) is -0.650. The summed E-state index contributed by atoms with van der Waals surface area (Å²) in [7, 11) is 0. The van der Waals surface area contributed by atoms with Gasteiger partial charge in [0.2, 0.25) is 11.8 Å². The summed E-state index contributed by atoms with van der Waals surface area (Å²) in [5, 5.41) is 2.53. The zero-order valence-electron chi connectivity index (χ0n) is 11.6. The maximum absolute atomic E-state index is 12.6. The lowest BCUT2D eigenvalue weighted by Crippen LogP contribution is -2.53. The van der Waals surface area contributed by atoms with Crippen molar-refractivity contribution in [2.75, 3.05) is 6.61 Å². The van der Waals surface area contributed by atoms with Gasteiger partial charge in [-0.25, -0.2) is 0 Å². The maximum atomic E-state index is 12.6. The Hall–Kier alpha value is -1.68. The van der Waals surface area contributed by atoms with Crippen LogP contribution in [0.1, 0.15) is 31.7 Å². The van der Waals surface area contributed by atoms with Crippen molar-refractivity contribution in [1.82, 2.24) is 5.32 Å². The van der Waals surface area contributed by atoms with Crippen LogP contribution in [0.3, 0.4) is 0 Å². The predicted molar refractivity (Wildman–Crippen MR) is 74.0 cm³/mol. The Kier molecular flexibility index (Phi) is 3.34. The summed E-state index contributed by atoms with van der Waals surface area (Å²) in [6.07, 6.45) is 2.26. The van der Waals surface area contributed by atoms with Gasteiger partial charge in [0, 0.05) is 6.61 Å². The lowest BCUT2D eigenvalue weighted by atomic mass is 9.62. The van der Waals surface area contributed by atoms with Gasteiger partial charge in [0.05, 0.1) is 12.0 Å². The van der Waals surface area contributed by atoms with Gasteiger partial charge in [-0.3, -0.25) is 14.9 Å². The van der Waals surface area contributed by atoms with Crippen LogP contribution in [0.4, 0.5) is 0 Å². The van der Waals surface area contributed by atoms with E-state index in [2.05, 4.69) is 5.32 Å². The highest BCUT2D eigenvalue weighted by Gasteiger charge is 2.62. The molecule has 1 saturated heterocycles. The molecule has 2 amide bonds. The van der Waals surface area contributed by atoms with Crippen LogP contribution in [0.25, 0.3) is 0 Å². The molecule has 3 unspecified atom stereocenters. The van der Waals surface area contributed by atoms with E-state index in [0.717, 1.165) is 24.8 Å². The Labute approximate surface area is 118 Å². The van der Waals surface area contributed by atoms with E-state index in [1.165, 1.54) is 0 Å². The first-order valence-corrected chi connectivity index (χ1v) is 7.23. The van der Waals surface area contributed by atoms with Crippen molar-refractivity contribution < 1.29 is 14.3 Å². The van der Waals surface area contributed by atoms with E-state index in [0.29, 0.717) is 6.61 Å². The van der Waals surface area contributed by atoms with E-state index in [9.17, 15) is 9.59 Å². The number of imide groups is 1. The average molecular weight is 273 g/mol. The monoisotopic (exact) mass is 273 g/mol. The number of amides is 2. The number of rotatable bonds is 3. The first-order valence-electron chi connectivity index (χ1n) is 7.23. The smallest absolute Gasteiger partial charge is 0.240 e. The van der Waals surface area contributed by atoms with Crippen LogP contribution < -0.4 is 5.32 Å². The predicted octanol–water partition coefficient (Wildman–Crippen LogP) is 1.79. The molecule has 1 aliphatic carbocycles. The SMILES string of the molecule is CCOC1CCCC2C(=O)NC(=O)C12c1ccccc1. The van der Waals surface area contributed by atoms with Crippen molar-refractivity contribution in [3.63, 3.8) is 0 Å². The lowest BCUT2D eigenvalue weighted by Gasteiger charge is -2.42. The van der Waals surface area contributed by atoms with E-state index in [1.54, 1.807) is 0 Å². The molecule has 2 fully saturated rings. The fourth-order valence-corrected chi connectivity index (χ4v) is 3.78. The Morgan fingerprint density at radius 1 is 1.25 bits per heavy atom. The number of nitrogens with one attached hydrogen (secondary N) is 1. The normalized spacial score (nSPS) is 32.9. The summed E-state index contributed by atoms with van der Waals surface area (Å²) in [4.78, 5) is 24.8. The van der Waals surface area contributed by atoms with Crippen LogP contribution in [-0.2, 0) is 19.7 Å². The van der Waals surface area contributed by atoms with E-state index in [1.807, 2.05) is 37.3 Å². The molecule has 20 heavy (non-hydrogen) atoms. The summed E-state index contributed by atoms with van der Waals surface area (Å²) < 4.78 is 5.86. The highest BCUT2D eigenvalue weighted by atomic mass is 16.5. The van der Waals surface area contributed by atoms with E-state index in [4.69, 9.17) is 4.74 Å². The second-order valence-corrected chi connectivity index (χ2v) is 5.48. The minimum Gasteiger partial charge on any atom is -0.377 e. The number of fused-ring (bicyclic) bond motifs is 1. The molecule has 1 saturated carbocycles. The Morgan fingerprint density at radius 2 is 2.00 bits per heavy atom. The zero-order valence-corrected chi connectivity index (χ0v) is 11.6. The molecule has 1 aromatic rings. The number of carbonyl (C=O) groups excluding carboxylic acids is 2. The van der Waals surface area contributed by atoms with Crippen LogP contribution >= 0.6 is 0 Å². The molecule has 106 valence electrons. The van der Waals surface area contributed by atoms with Crippen molar-refractivity contribution in [1.29, 1.82) is 0 Å². The van der Waals surface area contributed by atoms with Gasteiger partial charge >= 0.3 is 0 Å². The fourth-order valence-electron chi connectivity index (χ4n) is 3.78. The van der Waals surface area contributed by atoms with Crippen LogP contribution in [-0.4, -0.2) is 24.5 Å². The summed E-state index contributed by atoms with van der Waals surface area (Å²) >= 11 is 0. The number of carbonyl (C=O) groups is 2. The number of hydrogen-bond donors (Lipinski definition) is 1. The second-order valence-electron chi connectivity index (χ2n) is 5.48. The van der Waals surface area contributed by atoms with Crippen LogP contribution in [0.5, 0.6) is 0 Å². The summed E-state index contributed by atoms with van der Waals surface area (Å²) in [6.45, 7) is 2.48. The maximum Gasteiger partial charge on any atom is 0.240 e. The molecule has 0 aromatic heterocycles. The number of ether oxygens (including phenoxy) is 1. The minimum atomic E-state index is -0.841. The highest BCUT2D eigenvalue weighted by Crippen LogP contribution is 2.48. The van der Waals surface area contributed by atoms with Crippen LogP contribution in [0, 0.1) is 5.92 Å². The molecule has 4 nitrogen and oxygen atoms in total. The standard InChI is InChI=1S/C16H19NO3/c1-2-20-13-10-6-9-12-14(18)17-15(19)16(12,13)11-7-4-3-5-8-11/h3-5,7-8,12-13H,2,6,9-10H2,1H3,(H,17,18,19). The highest BCUT2D eigenvalue weighted by molar-refractivity contribution is 6.11. The third-order valence-corrected chi connectivity index (χ3v) is 4.56. The van der Waals surface area contributed by atoms with E-state index < -0.39 is 5.41 Å². The molecule has 1 heterocycles. The number of hydrogen-bond acceptors (Lipinski definition) is 3. The Balaban J connectivity index is 2.15. The van der Waals surface area contributed by atoms with Gasteiger partial charge in [0.25, 0.3) is 0 Å². The second kappa shape index (κ2) is 5.02. The number of benzene rings is 1. The molecular formula is C16H19NO3. The molecule has 0 bridgehead atoms. The molecular weight excluding hydrogens is 254 g/mol. The van der Waals surface area contributed by atoms with Crippen molar-refractivity contribution in [2.24, 2.45) is 5.92 Å². The minimum absolute atomic E-state index is 0.150. The van der Waals surface area contributed by atoms with Crippen molar-refractivity contribution in [2.45, 2.75) is 37.7 Å². The Bertz CT molecular complexity index is 526. The summed E-state index contributed by atoms with van der Waals surface area (Å²) in [6, 6.07) is 9.61. The largest absolute Gasteiger partial charge is 0.377 e. The third kappa shape index (κ3) is 1.71. The molecule has 4 heteroatoms. The van der Waals surface area contributed by atoms with Crippen molar-refractivity contribution in [3.8, 4) is 0 Å².